The fraction of sp³-hybridized carbons (Fsp3) is 0.0303. The number of benzene rings is 4. The number of aromatic nitrogens is 8. The Morgan fingerprint density at radius 1 is 0.419 bits per heavy atom. The number of aromatic amines is 2. The summed E-state index contributed by atoms with van der Waals surface area (Å²) in [5, 5.41) is 3.82. The van der Waals surface area contributed by atoms with E-state index in [0.29, 0.717) is 45.9 Å². The van der Waals surface area contributed by atoms with Crippen LogP contribution in [0.15, 0.2) is 97.1 Å². The van der Waals surface area contributed by atoms with Crippen molar-refractivity contribution >= 4 is 44.1 Å². The summed E-state index contributed by atoms with van der Waals surface area (Å²) in [6, 6.07) is 32.2. The van der Waals surface area contributed by atoms with E-state index < -0.39 is 0 Å². The fourth-order valence-electron chi connectivity index (χ4n) is 5.59. The van der Waals surface area contributed by atoms with Gasteiger partial charge >= 0.3 is 25.7 Å². The van der Waals surface area contributed by atoms with Gasteiger partial charge in [0.2, 0.25) is 0 Å². The van der Waals surface area contributed by atoms with E-state index >= 15 is 0 Å². The van der Waals surface area contributed by atoms with Crippen LogP contribution >= 0.6 is 0 Å². The van der Waals surface area contributed by atoms with Crippen LogP contribution in [-0.4, -0.2) is 39.9 Å². The summed E-state index contributed by atoms with van der Waals surface area (Å²) in [6.07, 6.45) is 0. The molecule has 5 heterocycles. The summed E-state index contributed by atoms with van der Waals surface area (Å²) in [5.41, 5.74) is 6.45. The molecule has 43 heavy (non-hydrogen) atoms. The number of nitrogens with two attached hydrogens (primary N) is 1. The van der Waals surface area contributed by atoms with E-state index in [2.05, 4.69) is 9.97 Å². The molecule has 0 saturated carbocycles. The van der Waals surface area contributed by atoms with Gasteiger partial charge in [0.15, 0.2) is 23.3 Å². The third-order valence-corrected chi connectivity index (χ3v) is 7.46. The van der Waals surface area contributed by atoms with E-state index in [1.807, 2.05) is 103 Å². The standard InChI is InChI=1S/C32H18N8.CH3.Cu.H2N/c1-2-10-18-17(9-1)25-33-26(18)38-28-21-13-5-6-14-22(21)30(35-28)40-32-24-16-8-7-15-23(24)31(36-32)39-29-20-12-4-3-11-19(20)27(34-29)37-25;;;/h1-16H,(H2,33,34,35,36,37,38,39,40);1H3;;1H2/q;;+1;-1. The van der Waals surface area contributed by atoms with Crippen molar-refractivity contribution < 1.29 is 15.2 Å². The average molecular weight is 609 g/mol. The van der Waals surface area contributed by atoms with Gasteiger partial charge in [-0.05, 0) is 0 Å². The van der Waals surface area contributed by atoms with E-state index in [1.54, 1.807) is 0 Å². The minimum atomic E-state index is 0.597. The van der Waals surface area contributed by atoms with Crippen LogP contribution in [-0.2, 0) is 15.2 Å². The summed E-state index contributed by atoms with van der Waals surface area (Å²) in [4.78, 5) is 36.8. The maximum atomic E-state index is 5.02. The van der Waals surface area contributed by atoms with Crippen molar-refractivity contribution in [3.63, 3.8) is 0 Å². The number of nitrogens with zero attached hydrogens (tertiary/aromatic N) is 6. The van der Waals surface area contributed by atoms with E-state index in [-0.39, 0.29) is 0 Å². The van der Waals surface area contributed by atoms with Crippen molar-refractivity contribution in [3.8, 4) is 45.6 Å². The summed E-state index contributed by atoms with van der Waals surface area (Å²) in [5.74, 6) is 4.20. The van der Waals surface area contributed by atoms with Crippen LogP contribution in [0.5, 0.6) is 0 Å². The summed E-state index contributed by atoms with van der Waals surface area (Å²) < 4.78 is 4.75. The molecule has 4 N–H and O–H groups in total. The molecule has 8 bridgehead atoms. The zero-order valence-corrected chi connectivity index (χ0v) is 23.7. The third-order valence-electron chi connectivity index (χ3n) is 7.46. The fourth-order valence-corrected chi connectivity index (χ4v) is 5.59. The molecule has 9 nitrogen and oxygen atoms in total. The monoisotopic (exact) mass is 608 g/mol. The second kappa shape index (κ2) is 10.2. The topological polar surface area (TPSA) is 135 Å². The van der Waals surface area contributed by atoms with E-state index in [4.69, 9.17) is 34.7 Å². The first-order valence-electron chi connectivity index (χ1n) is 13.5. The molecule has 10 heteroatoms. The second-order valence-corrected chi connectivity index (χ2v) is 10.5. The van der Waals surface area contributed by atoms with Crippen LogP contribution in [0.3, 0.4) is 0 Å². The first kappa shape index (κ1) is 25.4. The quantitative estimate of drug-likeness (QED) is 0.160. The molecule has 9 rings (SSSR count). The molecule has 0 saturated heterocycles. The molecule has 2 aliphatic rings. The van der Waals surface area contributed by atoms with Crippen molar-refractivity contribution in [1.29, 1.82) is 0 Å². The summed E-state index contributed by atoms with van der Waals surface area (Å²) in [7, 11) is 0. The number of H-pyrrole nitrogens is 2. The van der Waals surface area contributed by atoms with Crippen molar-refractivity contribution in [3.05, 3.63) is 97.1 Å². The average Bonchev–Trinajstić information content (AvgIpc) is 3.77. The minimum Gasteiger partial charge on any atom is -0.324 e. The molecule has 211 valence electrons. The van der Waals surface area contributed by atoms with E-state index in [0.717, 1.165) is 43.8 Å². The Balaban J connectivity index is 0.000000892. The van der Waals surface area contributed by atoms with Crippen LogP contribution in [0.25, 0.3) is 89.7 Å². The Kier molecular flexibility index (Phi) is 6.04. The number of fused-ring (bicyclic) bond motifs is 20. The summed E-state index contributed by atoms with van der Waals surface area (Å²) in [6.45, 7) is 0. The normalized spacial score (nSPS) is 11.7. The molecule has 7 aromatic rings. The van der Waals surface area contributed by atoms with Gasteiger partial charge < -0.3 is 9.97 Å². The first-order valence-corrected chi connectivity index (χ1v) is 15.0. The van der Waals surface area contributed by atoms with Crippen molar-refractivity contribution in [2.75, 3.05) is 0 Å². The van der Waals surface area contributed by atoms with Crippen LogP contribution in [0.4, 0.5) is 0 Å². The van der Waals surface area contributed by atoms with Gasteiger partial charge in [0.25, 0.3) is 0 Å². The molecular formula is C33H23CuN9. The molecule has 2 aliphatic heterocycles. The van der Waals surface area contributed by atoms with Crippen molar-refractivity contribution in [2.24, 2.45) is 4.75 Å². The Bertz CT molecular complexity index is 2050. The maximum absolute atomic E-state index is 5.02. The largest absolute Gasteiger partial charge is 0.324 e. The summed E-state index contributed by atoms with van der Waals surface area (Å²) >= 11 is 1.31. The van der Waals surface area contributed by atoms with Crippen molar-refractivity contribution in [1.82, 2.24) is 39.9 Å². The molecule has 4 aromatic carbocycles. The first-order chi connectivity index (χ1) is 21.2. The van der Waals surface area contributed by atoms with Gasteiger partial charge in [-0.15, -0.1) is 0 Å². The number of nitrogens with one attached hydrogen (secondary N) is 2. The van der Waals surface area contributed by atoms with Gasteiger partial charge in [0.05, 0.1) is 0 Å². The molecule has 3 aromatic heterocycles. The van der Waals surface area contributed by atoms with Crippen LogP contribution in [0.2, 0.25) is 5.82 Å². The molecule has 0 fully saturated rings. The zero-order valence-electron chi connectivity index (χ0n) is 22.8. The second-order valence-electron chi connectivity index (χ2n) is 9.97. The van der Waals surface area contributed by atoms with Gasteiger partial charge in [-0.2, -0.15) is 0 Å². The Hall–Kier alpha value is -5.28. The maximum Gasteiger partial charge on any atom is 0.164 e. The predicted octanol–water partition coefficient (Wildman–Crippen LogP) is 6.86. The van der Waals surface area contributed by atoms with Gasteiger partial charge in [-0.3, -0.25) is 0 Å². The SMILES string of the molecule is [CH3][Cu][NH2].c1ccc2c(c1)-c1nc-2nc2[nH]c(nc3nc(nc4[nH]c(n1)c1ccccc41)-c1ccccc1-3)c1ccccc21. The predicted molar refractivity (Wildman–Crippen MR) is 166 cm³/mol. The number of rotatable bonds is 0. The van der Waals surface area contributed by atoms with Crippen LogP contribution in [0, 0.1) is 0 Å². The Labute approximate surface area is 251 Å². The third kappa shape index (κ3) is 4.20. The van der Waals surface area contributed by atoms with E-state index in [9.17, 15) is 0 Å². The molecule has 0 radical (unpaired) electrons. The van der Waals surface area contributed by atoms with Gasteiger partial charge in [0, 0.05) is 43.8 Å². The van der Waals surface area contributed by atoms with Crippen LogP contribution in [0.1, 0.15) is 0 Å². The number of hydrogen-bond donors (Lipinski definition) is 3. The van der Waals surface area contributed by atoms with Gasteiger partial charge in [-0.25, -0.2) is 29.9 Å². The Morgan fingerprint density at radius 2 is 0.651 bits per heavy atom. The molecule has 0 unspecified atom stereocenters. The van der Waals surface area contributed by atoms with Crippen molar-refractivity contribution in [2.45, 2.75) is 5.82 Å². The molecule has 0 amide bonds. The van der Waals surface area contributed by atoms with Gasteiger partial charge in [0.1, 0.15) is 22.6 Å². The molecule has 0 aliphatic carbocycles. The molecule has 0 atom stereocenters. The van der Waals surface area contributed by atoms with Crippen LogP contribution < -0.4 is 4.75 Å². The molecular weight excluding hydrogens is 586 g/mol. The van der Waals surface area contributed by atoms with Gasteiger partial charge in [-0.1, -0.05) is 97.1 Å². The zero-order chi connectivity index (χ0) is 28.9. The molecule has 0 spiro atoms. The smallest absolute Gasteiger partial charge is 0.164 e. The number of hydrogen-bond acceptors (Lipinski definition) is 7. The minimum absolute atomic E-state index is 0.597. The van der Waals surface area contributed by atoms with E-state index in [1.165, 1.54) is 15.2 Å². The Morgan fingerprint density at radius 3 is 0.907 bits per heavy atom.